The number of aliphatic imine (C=N–C) groups is 1. The number of aldehydes is 1. The number of rotatable bonds is 5. The largest absolute Gasteiger partial charge is 0.400 e. The molecule has 2 rings (SSSR count). The number of amides is 1. The molecule has 130 valence electrons. The summed E-state index contributed by atoms with van der Waals surface area (Å²) in [6.45, 7) is 7.16. The zero-order valence-corrected chi connectivity index (χ0v) is 14.6. The van der Waals surface area contributed by atoms with E-state index in [0.717, 1.165) is 39.1 Å². The molecule has 1 aliphatic rings. The molecular formula is C18H23ClN2O3. The van der Waals surface area contributed by atoms with E-state index in [1.54, 1.807) is 18.2 Å². The Kier molecular flexibility index (Phi) is 8.36. The van der Waals surface area contributed by atoms with Crippen LogP contribution in [0.5, 0.6) is 0 Å². The van der Waals surface area contributed by atoms with Crippen molar-refractivity contribution >= 4 is 41.2 Å². The van der Waals surface area contributed by atoms with E-state index < -0.39 is 0 Å². The zero-order chi connectivity index (χ0) is 18.1. The lowest BCUT2D eigenvalue weighted by atomic mass is 9.87. The molecule has 0 aromatic heterocycles. The maximum atomic E-state index is 12.3. The van der Waals surface area contributed by atoms with Gasteiger partial charge >= 0.3 is 0 Å². The molecule has 0 radical (unpaired) electrons. The van der Waals surface area contributed by atoms with Crippen LogP contribution in [-0.4, -0.2) is 37.2 Å². The Balaban J connectivity index is 0.00000139. The van der Waals surface area contributed by atoms with Gasteiger partial charge in [0.1, 0.15) is 6.29 Å². The summed E-state index contributed by atoms with van der Waals surface area (Å²) in [7, 11) is 1.00. The van der Waals surface area contributed by atoms with Gasteiger partial charge in [0, 0.05) is 35.2 Å². The number of halogens is 1. The van der Waals surface area contributed by atoms with Crippen LogP contribution >= 0.6 is 11.6 Å². The monoisotopic (exact) mass is 350 g/mol. The molecule has 0 bridgehead atoms. The van der Waals surface area contributed by atoms with E-state index in [9.17, 15) is 9.59 Å². The fourth-order valence-corrected chi connectivity index (χ4v) is 2.86. The molecule has 1 aromatic carbocycles. The van der Waals surface area contributed by atoms with E-state index in [-0.39, 0.29) is 17.9 Å². The predicted octanol–water partition coefficient (Wildman–Crippen LogP) is 3.32. The molecule has 6 heteroatoms. The molecule has 1 aromatic rings. The number of aliphatic hydroxyl groups excluding tert-OH is 1. The third kappa shape index (κ3) is 5.28. The van der Waals surface area contributed by atoms with Crippen molar-refractivity contribution < 1.29 is 14.7 Å². The second-order valence-electron chi connectivity index (χ2n) is 5.52. The quantitative estimate of drug-likeness (QED) is 0.631. The van der Waals surface area contributed by atoms with Crippen molar-refractivity contribution in [2.45, 2.75) is 31.7 Å². The number of nitrogens with one attached hydrogen (secondary N) is 1. The van der Waals surface area contributed by atoms with E-state index in [4.69, 9.17) is 16.7 Å². The summed E-state index contributed by atoms with van der Waals surface area (Å²) in [6.07, 6.45) is 4.34. The maximum Gasteiger partial charge on any atom is 0.251 e. The average Bonchev–Trinajstić information content (AvgIpc) is 2.63. The first-order valence-corrected chi connectivity index (χ1v) is 8.09. The lowest BCUT2D eigenvalue weighted by molar-refractivity contribution is -0.111. The molecule has 1 fully saturated rings. The van der Waals surface area contributed by atoms with E-state index >= 15 is 0 Å². The van der Waals surface area contributed by atoms with Gasteiger partial charge < -0.3 is 15.2 Å². The summed E-state index contributed by atoms with van der Waals surface area (Å²) >= 11 is 5.89. The zero-order valence-electron chi connectivity index (χ0n) is 13.8. The Morgan fingerprint density at radius 1 is 1.33 bits per heavy atom. The summed E-state index contributed by atoms with van der Waals surface area (Å²) in [6, 6.07) is 5.19. The molecule has 0 spiro atoms. The van der Waals surface area contributed by atoms with Crippen LogP contribution in [0.4, 0.5) is 5.69 Å². The number of hydrogen-bond acceptors (Lipinski definition) is 4. The predicted molar refractivity (Wildman–Crippen MR) is 98.0 cm³/mol. The summed E-state index contributed by atoms with van der Waals surface area (Å²) in [5, 5.41) is 10.4. The van der Waals surface area contributed by atoms with Gasteiger partial charge in [-0.15, -0.1) is 0 Å². The minimum absolute atomic E-state index is 0.117. The first-order valence-electron chi connectivity index (χ1n) is 7.71. The second-order valence-corrected chi connectivity index (χ2v) is 5.97. The molecule has 1 aliphatic carbocycles. The van der Waals surface area contributed by atoms with Gasteiger partial charge in [0.25, 0.3) is 5.91 Å². The van der Waals surface area contributed by atoms with Crippen molar-refractivity contribution in [3.63, 3.8) is 0 Å². The standard InChI is InChI=1S/C17H19ClN2O2.CH4O/c1-11(18)15-8-5-13(9-16(15)19-2)17(22)20-14-6-3-12(10-21)4-7-14;1-2/h5,8-10,12,14H,1-4,6-7H2,(H,20,22);2H,1H3. The molecule has 0 unspecified atom stereocenters. The maximum absolute atomic E-state index is 12.3. The van der Waals surface area contributed by atoms with Crippen molar-refractivity contribution in [3.05, 3.63) is 35.9 Å². The van der Waals surface area contributed by atoms with Crippen LogP contribution in [0.15, 0.2) is 29.8 Å². The van der Waals surface area contributed by atoms with Gasteiger partial charge in [-0.25, -0.2) is 0 Å². The minimum Gasteiger partial charge on any atom is -0.400 e. The van der Waals surface area contributed by atoms with Gasteiger partial charge in [0.05, 0.1) is 5.69 Å². The lowest BCUT2D eigenvalue weighted by Gasteiger charge is -2.26. The normalized spacial score (nSPS) is 19.5. The highest BCUT2D eigenvalue weighted by atomic mass is 35.5. The molecular weight excluding hydrogens is 328 g/mol. The smallest absolute Gasteiger partial charge is 0.251 e. The molecule has 1 amide bonds. The van der Waals surface area contributed by atoms with Crippen LogP contribution in [0.2, 0.25) is 0 Å². The first kappa shape index (κ1) is 20.1. The van der Waals surface area contributed by atoms with Gasteiger partial charge in [-0.3, -0.25) is 9.79 Å². The van der Waals surface area contributed by atoms with Gasteiger partial charge in [0.15, 0.2) is 0 Å². The summed E-state index contributed by atoms with van der Waals surface area (Å²) in [5.41, 5.74) is 1.72. The third-order valence-electron chi connectivity index (χ3n) is 4.02. The fraction of sp³-hybridized carbons (Fsp3) is 0.389. The van der Waals surface area contributed by atoms with Crippen molar-refractivity contribution in [1.82, 2.24) is 5.32 Å². The van der Waals surface area contributed by atoms with Crippen molar-refractivity contribution in [1.29, 1.82) is 0 Å². The highest BCUT2D eigenvalue weighted by Gasteiger charge is 2.22. The highest BCUT2D eigenvalue weighted by Crippen LogP contribution is 2.29. The summed E-state index contributed by atoms with van der Waals surface area (Å²) in [4.78, 5) is 26.9. The molecule has 2 N–H and O–H groups in total. The second kappa shape index (κ2) is 10.0. The topological polar surface area (TPSA) is 78.8 Å². The Morgan fingerprint density at radius 3 is 2.46 bits per heavy atom. The van der Waals surface area contributed by atoms with Crippen LogP contribution < -0.4 is 5.32 Å². The van der Waals surface area contributed by atoms with Crippen molar-refractivity contribution in [3.8, 4) is 0 Å². The lowest BCUT2D eigenvalue weighted by Crippen LogP contribution is -2.37. The number of benzene rings is 1. The third-order valence-corrected chi connectivity index (χ3v) is 4.23. The minimum atomic E-state index is -0.147. The Labute approximate surface area is 147 Å². The molecule has 5 nitrogen and oxygen atoms in total. The van der Waals surface area contributed by atoms with E-state index in [1.807, 2.05) is 0 Å². The Bertz CT molecular complexity index is 608. The van der Waals surface area contributed by atoms with Gasteiger partial charge in [-0.1, -0.05) is 24.2 Å². The highest BCUT2D eigenvalue weighted by molar-refractivity contribution is 6.48. The molecule has 1 saturated carbocycles. The number of aliphatic hydroxyl groups is 1. The fourth-order valence-electron chi connectivity index (χ4n) is 2.70. The van der Waals surface area contributed by atoms with Crippen molar-refractivity contribution in [2.24, 2.45) is 10.9 Å². The summed E-state index contributed by atoms with van der Waals surface area (Å²) < 4.78 is 0. The molecule has 0 aliphatic heterocycles. The van der Waals surface area contributed by atoms with Crippen LogP contribution in [-0.2, 0) is 4.79 Å². The van der Waals surface area contributed by atoms with Crippen LogP contribution in [0, 0.1) is 5.92 Å². The van der Waals surface area contributed by atoms with Crippen LogP contribution in [0.25, 0.3) is 5.03 Å². The number of hydrogen-bond donors (Lipinski definition) is 2. The first-order chi connectivity index (χ1) is 11.5. The van der Waals surface area contributed by atoms with E-state index in [2.05, 4.69) is 23.6 Å². The van der Waals surface area contributed by atoms with Crippen LogP contribution in [0.1, 0.15) is 41.6 Å². The van der Waals surface area contributed by atoms with Gasteiger partial charge in [-0.05, 0) is 44.5 Å². The Hall–Kier alpha value is -1.98. The van der Waals surface area contributed by atoms with Crippen molar-refractivity contribution in [2.75, 3.05) is 7.11 Å². The van der Waals surface area contributed by atoms with Gasteiger partial charge in [0.2, 0.25) is 0 Å². The SMILES string of the molecule is C=Nc1cc(C(=O)NC2CCC(C=O)CC2)ccc1C(=C)Cl.CO. The number of carbonyl (C=O) groups excluding carboxylic acids is 2. The molecule has 0 heterocycles. The van der Waals surface area contributed by atoms with Gasteiger partial charge in [-0.2, -0.15) is 0 Å². The van der Waals surface area contributed by atoms with Crippen LogP contribution in [0.3, 0.4) is 0 Å². The Morgan fingerprint density at radius 2 is 1.96 bits per heavy atom. The van der Waals surface area contributed by atoms with E-state index in [1.165, 1.54) is 0 Å². The number of carbonyl (C=O) groups is 2. The van der Waals surface area contributed by atoms with E-state index in [0.29, 0.717) is 21.8 Å². The molecule has 0 saturated heterocycles. The number of nitrogens with zero attached hydrogens (tertiary/aromatic N) is 1. The summed E-state index contributed by atoms with van der Waals surface area (Å²) in [5.74, 6) is -0.00933. The average molecular weight is 351 g/mol. The molecule has 24 heavy (non-hydrogen) atoms. The molecule has 0 atom stereocenters.